The number of nitrogens with zero attached hydrogens (tertiary/aromatic N) is 1. The molecular formula is C32H35NO8. The van der Waals surface area contributed by atoms with Gasteiger partial charge in [-0.15, -0.1) is 0 Å². The summed E-state index contributed by atoms with van der Waals surface area (Å²) in [5.41, 5.74) is 2.63. The van der Waals surface area contributed by atoms with E-state index >= 15 is 0 Å². The molecule has 0 spiro atoms. The molecule has 4 rings (SSSR count). The zero-order valence-electron chi connectivity index (χ0n) is 23.9. The van der Waals surface area contributed by atoms with Crippen LogP contribution in [0.15, 0.2) is 66.2 Å². The van der Waals surface area contributed by atoms with Gasteiger partial charge < -0.3 is 33.7 Å². The standard InChI is InChI=1S/C32H35NO8/c1-20-16-23(41-19-21-10-7-6-8-11-21)12-13-24(20)29(34)27-28(33(14-9-15-37-2)32(36)30(27)35)22-17-25(38-3)31(40-5)26(18-22)39-4/h6-8,10-13,16-18,28,34H,9,14-15,19H2,1-5H3/b29-27+/t28-/m1/s1. The predicted octanol–water partition coefficient (Wildman–Crippen LogP) is 5.06. The molecule has 0 radical (unpaired) electrons. The van der Waals surface area contributed by atoms with Crippen LogP contribution in [0.2, 0.25) is 0 Å². The molecule has 0 aliphatic carbocycles. The first-order chi connectivity index (χ1) is 19.8. The highest BCUT2D eigenvalue weighted by atomic mass is 16.5. The van der Waals surface area contributed by atoms with Gasteiger partial charge in [0.1, 0.15) is 18.1 Å². The molecule has 0 aromatic heterocycles. The van der Waals surface area contributed by atoms with E-state index in [9.17, 15) is 14.7 Å². The lowest BCUT2D eigenvalue weighted by Gasteiger charge is -2.26. The highest BCUT2D eigenvalue weighted by Crippen LogP contribution is 2.46. The molecule has 0 unspecified atom stereocenters. The molecule has 3 aromatic carbocycles. The van der Waals surface area contributed by atoms with Crippen molar-refractivity contribution in [1.82, 2.24) is 4.90 Å². The van der Waals surface area contributed by atoms with Crippen molar-refractivity contribution in [2.75, 3.05) is 41.6 Å². The lowest BCUT2D eigenvalue weighted by atomic mass is 9.93. The maximum Gasteiger partial charge on any atom is 0.295 e. The van der Waals surface area contributed by atoms with E-state index in [1.807, 2.05) is 37.3 Å². The number of rotatable bonds is 12. The average molecular weight is 562 g/mol. The minimum absolute atomic E-state index is 0.0252. The highest BCUT2D eigenvalue weighted by Gasteiger charge is 2.46. The Kier molecular flexibility index (Phi) is 9.52. The first-order valence-electron chi connectivity index (χ1n) is 13.2. The second-order valence-corrected chi connectivity index (χ2v) is 9.55. The van der Waals surface area contributed by atoms with Gasteiger partial charge in [0.05, 0.1) is 32.9 Å². The Hall–Kier alpha value is -4.50. The normalized spacial score (nSPS) is 16.1. The predicted molar refractivity (Wildman–Crippen MR) is 154 cm³/mol. The number of methoxy groups -OCH3 is 4. The van der Waals surface area contributed by atoms with E-state index in [2.05, 4.69) is 0 Å². The number of benzene rings is 3. The number of hydrogen-bond donors (Lipinski definition) is 1. The third-order valence-electron chi connectivity index (χ3n) is 6.99. The Morgan fingerprint density at radius 1 is 0.902 bits per heavy atom. The first kappa shape index (κ1) is 29.5. The third kappa shape index (κ3) is 6.15. The molecule has 1 fully saturated rings. The third-order valence-corrected chi connectivity index (χ3v) is 6.99. The van der Waals surface area contributed by atoms with Crippen LogP contribution in [0.5, 0.6) is 23.0 Å². The molecule has 0 saturated carbocycles. The zero-order chi connectivity index (χ0) is 29.5. The number of aryl methyl sites for hydroxylation is 1. The molecule has 9 heteroatoms. The lowest BCUT2D eigenvalue weighted by molar-refractivity contribution is -0.140. The van der Waals surface area contributed by atoms with Crippen molar-refractivity contribution >= 4 is 17.4 Å². The number of ketones is 1. The quantitative estimate of drug-likeness (QED) is 0.142. The van der Waals surface area contributed by atoms with Crippen LogP contribution in [-0.4, -0.2) is 63.3 Å². The van der Waals surface area contributed by atoms with Gasteiger partial charge in [-0.25, -0.2) is 0 Å². The molecule has 1 saturated heterocycles. The summed E-state index contributed by atoms with van der Waals surface area (Å²) in [4.78, 5) is 28.2. The van der Waals surface area contributed by atoms with Crippen LogP contribution in [0.4, 0.5) is 0 Å². The van der Waals surface area contributed by atoms with Gasteiger partial charge in [0.15, 0.2) is 11.5 Å². The summed E-state index contributed by atoms with van der Waals surface area (Å²) < 4.78 is 27.6. The number of Topliss-reactive ketones (excluding diaryl/α,β-unsaturated/α-hetero) is 1. The molecule has 1 aliphatic rings. The second-order valence-electron chi connectivity index (χ2n) is 9.55. The fraction of sp³-hybridized carbons (Fsp3) is 0.312. The van der Waals surface area contributed by atoms with E-state index < -0.39 is 17.7 Å². The molecule has 9 nitrogen and oxygen atoms in total. The van der Waals surface area contributed by atoms with Crippen molar-refractivity contribution in [2.45, 2.75) is 26.0 Å². The average Bonchev–Trinajstić information content (AvgIpc) is 3.24. The molecule has 1 N–H and O–H groups in total. The fourth-order valence-corrected chi connectivity index (χ4v) is 4.97. The SMILES string of the molecule is COCCCN1C(=O)C(=O)/C(=C(/O)c2ccc(OCc3ccccc3)cc2C)[C@H]1c1cc(OC)c(OC)c(OC)c1. The summed E-state index contributed by atoms with van der Waals surface area (Å²) in [6.45, 7) is 2.84. The monoisotopic (exact) mass is 561 g/mol. The van der Waals surface area contributed by atoms with E-state index in [1.165, 1.54) is 26.2 Å². The van der Waals surface area contributed by atoms with Crippen LogP contribution in [0.1, 0.15) is 34.7 Å². The Balaban J connectivity index is 1.78. The van der Waals surface area contributed by atoms with Crippen molar-refractivity contribution in [3.8, 4) is 23.0 Å². The number of ether oxygens (including phenoxy) is 5. The van der Waals surface area contributed by atoms with E-state index in [1.54, 1.807) is 37.4 Å². The summed E-state index contributed by atoms with van der Waals surface area (Å²) in [6.07, 6.45) is 0.497. The van der Waals surface area contributed by atoms with Gasteiger partial charge in [-0.05, 0) is 60.4 Å². The van der Waals surface area contributed by atoms with Crippen LogP contribution < -0.4 is 18.9 Å². The van der Waals surface area contributed by atoms with Gasteiger partial charge in [0.25, 0.3) is 11.7 Å². The Morgan fingerprint density at radius 3 is 2.17 bits per heavy atom. The van der Waals surface area contributed by atoms with E-state index in [4.69, 9.17) is 23.7 Å². The van der Waals surface area contributed by atoms with Crippen molar-refractivity contribution < 1.29 is 38.4 Å². The molecule has 41 heavy (non-hydrogen) atoms. The minimum Gasteiger partial charge on any atom is -0.507 e. The molecular weight excluding hydrogens is 526 g/mol. The Bertz CT molecular complexity index is 1410. The summed E-state index contributed by atoms with van der Waals surface area (Å²) in [6, 6.07) is 17.5. The molecule has 1 aliphatic heterocycles. The largest absolute Gasteiger partial charge is 0.507 e. The summed E-state index contributed by atoms with van der Waals surface area (Å²) in [5, 5.41) is 11.6. The maximum atomic E-state index is 13.5. The fourth-order valence-electron chi connectivity index (χ4n) is 4.97. The van der Waals surface area contributed by atoms with Gasteiger partial charge in [0.2, 0.25) is 5.75 Å². The molecule has 3 aromatic rings. The summed E-state index contributed by atoms with van der Waals surface area (Å²) in [5.74, 6) is -0.0465. The topological polar surface area (TPSA) is 104 Å². The number of carbonyl (C=O) groups is 2. The van der Waals surface area contributed by atoms with Crippen molar-refractivity contribution in [1.29, 1.82) is 0 Å². The van der Waals surface area contributed by atoms with Gasteiger partial charge in [-0.2, -0.15) is 0 Å². The number of aliphatic hydroxyl groups excluding tert-OH is 1. The maximum absolute atomic E-state index is 13.5. The van der Waals surface area contributed by atoms with Crippen molar-refractivity contribution in [3.63, 3.8) is 0 Å². The van der Waals surface area contributed by atoms with Crippen molar-refractivity contribution in [3.05, 3.63) is 88.5 Å². The number of amides is 1. The lowest BCUT2D eigenvalue weighted by Crippen LogP contribution is -2.31. The van der Waals surface area contributed by atoms with Gasteiger partial charge in [0, 0.05) is 25.8 Å². The summed E-state index contributed by atoms with van der Waals surface area (Å²) in [7, 11) is 6.04. The van der Waals surface area contributed by atoms with Crippen LogP contribution in [0.25, 0.3) is 5.76 Å². The van der Waals surface area contributed by atoms with Crippen molar-refractivity contribution in [2.24, 2.45) is 0 Å². The molecule has 216 valence electrons. The van der Waals surface area contributed by atoms with Gasteiger partial charge >= 0.3 is 0 Å². The number of aliphatic hydroxyl groups is 1. The Morgan fingerprint density at radius 2 is 1.59 bits per heavy atom. The van der Waals surface area contributed by atoms with E-state index in [0.717, 1.165) is 5.56 Å². The number of hydrogen-bond acceptors (Lipinski definition) is 8. The molecule has 1 atom stereocenters. The smallest absolute Gasteiger partial charge is 0.295 e. The summed E-state index contributed by atoms with van der Waals surface area (Å²) >= 11 is 0. The van der Waals surface area contributed by atoms with Gasteiger partial charge in [-0.1, -0.05) is 30.3 Å². The Labute approximate surface area is 239 Å². The zero-order valence-corrected chi connectivity index (χ0v) is 23.9. The first-order valence-corrected chi connectivity index (χ1v) is 13.2. The second kappa shape index (κ2) is 13.2. The molecule has 0 bridgehead atoms. The highest BCUT2D eigenvalue weighted by molar-refractivity contribution is 6.46. The molecule has 1 heterocycles. The van der Waals surface area contributed by atoms with Crippen LogP contribution >= 0.6 is 0 Å². The van der Waals surface area contributed by atoms with Crippen LogP contribution in [0.3, 0.4) is 0 Å². The van der Waals surface area contributed by atoms with Crippen LogP contribution in [-0.2, 0) is 20.9 Å². The van der Waals surface area contributed by atoms with Gasteiger partial charge in [-0.3, -0.25) is 9.59 Å². The number of likely N-dealkylation sites (tertiary alicyclic amines) is 1. The molecule has 1 amide bonds. The minimum atomic E-state index is -0.894. The number of carbonyl (C=O) groups excluding carboxylic acids is 2. The van der Waals surface area contributed by atoms with Crippen LogP contribution in [0, 0.1) is 6.92 Å². The van der Waals surface area contributed by atoms with E-state index in [-0.39, 0.29) is 17.9 Å². The van der Waals surface area contributed by atoms with E-state index in [0.29, 0.717) is 59.3 Å².